The maximum absolute atomic E-state index is 13.5. The van der Waals surface area contributed by atoms with Gasteiger partial charge in [-0.25, -0.2) is 9.79 Å². The molecular formula is C26H27N5O4. The smallest absolute Gasteiger partial charge is 0.328 e. The van der Waals surface area contributed by atoms with Gasteiger partial charge >= 0.3 is 12.0 Å². The van der Waals surface area contributed by atoms with Gasteiger partial charge in [0.25, 0.3) is 5.91 Å². The number of hydrogen-bond donors (Lipinski definition) is 0. The molecule has 3 heterocycles. The van der Waals surface area contributed by atoms with Crippen LogP contribution in [0, 0.1) is 0 Å². The van der Waals surface area contributed by atoms with Crippen LogP contribution in [0.2, 0.25) is 0 Å². The minimum Gasteiger partial charge on any atom is -0.465 e. The van der Waals surface area contributed by atoms with Crippen molar-refractivity contribution in [2.24, 2.45) is 4.99 Å². The van der Waals surface area contributed by atoms with Gasteiger partial charge in [0.05, 0.1) is 12.3 Å². The summed E-state index contributed by atoms with van der Waals surface area (Å²) in [6.45, 7) is 3.53. The lowest BCUT2D eigenvalue weighted by Gasteiger charge is -2.39. The molecule has 2 aromatic rings. The SMILES string of the molecule is CCOC(=O)CN1C(=O)C2C(N=C3N(c4ccc(CC)cc4)C(c4ccccc4)=CN32)N(C)C1=O. The van der Waals surface area contributed by atoms with Gasteiger partial charge in [0.1, 0.15) is 6.54 Å². The number of rotatable bonds is 6. The Hall–Kier alpha value is -4.14. The summed E-state index contributed by atoms with van der Waals surface area (Å²) in [5, 5.41) is 0. The molecule has 3 amide bonds. The Morgan fingerprint density at radius 1 is 1.03 bits per heavy atom. The Morgan fingerprint density at radius 3 is 2.40 bits per heavy atom. The Balaban J connectivity index is 1.55. The summed E-state index contributed by atoms with van der Waals surface area (Å²) in [6, 6.07) is 16.8. The number of hydrogen-bond acceptors (Lipinski definition) is 7. The molecule has 2 aromatic carbocycles. The lowest BCUT2D eigenvalue weighted by Crippen LogP contribution is -2.65. The molecule has 5 rings (SSSR count). The minimum absolute atomic E-state index is 0.172. The number of imide groups is 1. The van der Waals surface area contributed by atoms with E-state index >= 15 is 0 Å². The van der Waals surface area contributed by atoms with Crippen LogP contribution >= 0.6 is 0 Å². The maximum Gasteiger partial charge on any atom is 0.328 e. The molecule has 0 radical (unpaired) electrons. The summed E-state index contributed by atoms with van der Waals surface area (Å²) in [5.74, 6) is -0.536. The highest BCUT2D eigenvalue weighted by atomic mass is 16.5. The molecule has 9 nitrogen and oxygen atoms in total. The molecule has 0 spiro atoms. The van der Waals surface area contributed by atoms with Crippen LogP contribution < -0.4 is 4.90 Å². The third kappa shape index (κ3) is 3.73. The molecule has 0 saturated carbocycles. The molecular weight excluding hydrogens is 446 g/mol. The third-order valence-electron chi connectivity index (χ3n) is 6.48. The van der Waals surface area contributed by atoms with Crippen molar-refractivity contribution < 1.29 is 19.1 Å². The first-order valence-corrected chi connectivity index (χ1v) is 11.7. The van der Waals surface area contributed by atoms with Crippen molar-refractivity contribution in [2.45, 2.75) is 32.5 Å². The first-order valence-electron chi connectivity index (χ1n) is 11.7. The van der Waals surface area contributed by atoms with Gasteiger partial charge in [0.15, 0.2) is 12.2 Å². The van der Waals surface area contributed by atoms with Gasteiger partial charge in [-0.3, -0.25) is 24.3 Å². The quantitative estimate of drug-likeness (QED) is 0.600. The van der Waals surface area contributed by atoms with E-state index in [-0.39, 0.29) is 6.61 Å². The van der Waals surface area contributed by atoms with Crippen LogP contribution in [0.4, 0.5) is 10.5 Å². The second kappa shape index (κ2) is 8.90. The zero-order chi connectivity index (χ0) is 24.7. The zero-order valence-corrected chi connectivity index (χ0v) is 19.9. The van der Waals surface area contributed by atoms with Crippen molar-refractivity contribution in [3.05, 3.63) is 71.9 Å². The van der Waals surface area contributed by atoms with Crippen LogP contribution in [-0.2, 0) is 20.7 Å². The number of likely N-dealkylation sites (N-methyl/N-ethyl adjacent to an activating group) is 1. The second-order valence-corrected chi connectivity index (χ2v) is 8.55. The lowest BCUT2D eigenvalue weighted by molar-refractivity contribution is -0.150. The monoisotopic (exact) mass is 473 g/mol. The number of aryl methyl sites for hydroxylation is 1. The number of esters is 1. The van der Waals surface area contributed by atoms with Crippen LogP contribution in [0.25, 0.3) is 5.70 Å². The zero-order valence-electron chi connectivity index (χ0n) is 19.9. The summed E-state index contributed by atoms with van der Waals surface area (Å²) in [5.41, 5.74) is 3.96. The number of nitrogens with zero attached hydrogens (tertiary/aromatic N) is 5. The highest BCUT2D eigenvalue weighted by Crippen LogP contribution is 2.40. The molecule has 35 heavy (non-hydrogen) atoms. The van der Waals surface area contributed by atoms with Crippen molar-refractivity contribution in [1.82, 2.24) is 14.7 Å². The molecule has 0 aromatic heterocycles. The van der Waals surface area contributed by atoms with Crippen LogP contribution in [0.1, 0.15) is 25.0 Å². The van der Waals surface area contributed by atoms with E-state index < -0.39 is 36.7 Å². The minimum atomic E-state index is -0.777. The fourth-order valence-electron chi connectivity index (χ4n) is 4.66. The number of carbonyl (C=O) groups excluding carboxylic acids is 3. The predicted molar refractivity (Wildman–Crippen MR) is 131 cm³/mol. The molecule has 2 atom stereocenters. The van der Waals surface area contributed by atoms with Gasteiger partial charge in [0, 0.05) is 24.5 Å². The molecule has 180 valence electrons. The third-order valence-corrected chi connectivity index (χ3v) is 6.48. The second-order valence-electron chi connectivity index (χ2n) is 8.55. The average molecular weight is 474 g/mol. The molecule has 3 aliphatic heterocycles. The van der Waals surface area contributed by atoms with Crippen LogP contribution in [0.3, 0.4) is 0 Å². The van der Waals surface area contributed by atoms with Crippen molar-refractivity contribution >= 4 is 35.3 Å². The lowest BCUT2D eigenvalue weighted by atomic mass is 10.1. The molecule has 0 N–H and O–H groups in total. The van der Waals surface area contributed by atoms with E-state index in [4.69, 9.17) is 9.73 Å². The Morgan fingerprint density at radius 2 is 1.74 bits per heavy atom. The number of aliphatic imine (C=N–C) groups is 1. The van der Waals surface area contributed by atoms with Gasteiger partial charge in [0.2, 0.25) is 5.96 Å². The van der Waals surface area contributed by atoms with Gasteiger partial charge < -0.3 is 9.64 Å². The highest BCUT2D eigenvalue weighted by Gasteiger charge is 2.55. The number of guanidine groups is 1. The average Bonchev–Trinajstić information content (AvgIpc) is 3.43. The molecule has 0 bridgehead atoms. The maximum atomic E-state index is 13.5. The van der Waals surface area contributed by atoms with Gasteiger partial charge in [-0.1, -0.05) is 49.4 Å². The number of benzene rings is 2. The molecule has 1 fully saturated rings. The molecule has 3 aliphatic rings. The van der Waals surface area contributed by atoms with Crippen LogP contribution in [0.15, 0.2) is 65.8 Å². The van der Waals surface area contributed by atoms with Crippen molar-refractivity contribution in [1.29, 1.82) is 0 Å². The van der Waals surface area contributed by atoms with Crippen LogP contribution in [0.5, 0.6) is 0 Å². The van der Waals surface area contributed by atoms with E-state index in [1.165, 1.54) is 10.5 Å². The summed E-state index contributed by atoms with van der Waals surface area (Å²) in [7, 11) is 1.60. The fraction of sp³-hybridized carbons (Fsp3) is 0.308. The van der Waals surface area contributed by atoms with Crippen LogP contribution in [-0.4, -0.2) is 71.0 Å². The number of urea groups is 1. The highest BCUT2D eigenvalue weighted by molar-refractivity contribution is 6.16. The number of anilines is 1. The summed E-state index contributed by atoms with van der Waals surface area (Å²) in [6.07, 6.45) is 2.13. The Bertz CT molecular complexity index is 1220. The standard InChI is InChI=1S/C26H27N5O4/c1-4-17-11-13-19(14-12-17)31-20(18-9-7-6-8-10-18)15-29-22-23(27-25(29)31)28(3)26(34)30(24(22)33)16-21(32)35-5-2/h6-15,22-23H,4-5,16H2,1-3H3. The molecule has 9 heteroatoms. The van der Waals surface area contributed by atoms with E-state index in [1.807, 2.05) is 58.5 Å². The van der Waals surface area contributed by atoms with Gasteiger partial charge in [-0.15, -0.1) is 0 Å². The van der Waals surface area contributed by atoms with E-state index in [1.54, 1.807) is 14.0 Å². The number of amides is 3. The van der Waals surface area contributed by atoms with E-state index in [0.717, 1.165) is 28.3 Å². The first-order chi connectivity index (χ1) is 16.9. The van der Waals surface area contributed by atoms with Crippen molar-refractivity contribution in [2.75, 3.05) is 25.1 Å². The van der Waals surface area contributed by atoms with Gasteiger partial charge in [-0.2, -0.15) is 0 Å². The van der Waals surface area contributed by atoms with E-state index in [9.17, 15) is 14.4 Å². The molecule has 1 saturated heterocycles. The topological polar surface area (TPSA) is 85.8 Å². The fourth-order valence-corrected chi connectivity index (χ4v) is 4.66. The molecule has 0 aliphatic carbocycles. The summed E-state index contributed by atoms with van der Waals surface area (Å²) < 4.78 is 4.98. The number of fused-ring (bicyclic) bond motifs is 3. The Kier molecular flexibility index (Phi) is 5.76. The Labute approximate surface area is 203 Å². The summed E-state index contributed by atoms with van der Waals surface area (Å²) in [4.78, 5) is 49.6. The predicted octanol–water partition coefficient (Wildman–Crippen LogP) is 2.89. The largest absolute Gasteiger partial charge is 0.465 e. The molecule has 2 unspecified atom stereocenters. The first kappa shape index (κ1) is 22.6. The van der Waals surface area contributed by atoms with Gasteiger partial charge in [-0.05, 0) is 31.0 Å². The number of carbonyl (C=O) groups is 3. The van der Waals surface area contributed by atoms with E-state index in [0.29, 0.717) is 5.96 Å². The number of ether oxygens (including phenoxy) is 1. The van der Waals surface area contributed by atoms with E-state index in [2.05, 4.69) is 19.1 Å². The van der Waals surface area contributed by atoms with Crippen molar-refractivity contribution in [3.63, 3.8) is 0 Å². The summed E-state index contributed by atoms with van der Waals surface area (Å²) >= 11 is 0. The van der Waals surface area contributed by atoms with Crippen molar-refractivity contribution in [3.8, 4) is 0 Å². The normalized spacial score (nSPS) is 21.1.